The van der Waals surface area contributed by atoms with Gasteiger partial charge in [-0.25, -0.2) is 4.79 Å². The third-order valence-electron chi connectivity index (χ3n) is 7.99. The Morgan fingerprint density at radius 1 is 0.537 bits per heavy atom. The van der Waals surface area contributed by atoms with Crippen molar-refractivity contribution in [2.75, 3.05) is 20.3 Å². The summed E-state index contributed by atoms with van der Waals surface area (Å²) in [7, 11) is 1.55. The van der Waals surface area contributed by atoms with Crippen LogP contribution in [-0.4, -0.2) is 31.4 Å². The van der Waals surface area contributed by atoms with Gasteiger partial charge in [-0.15, -0.1) is 0 Å². The van der Waals surface area contributed by atoms with Gasteiger partial charge in [0.15, 0.2) is 11.5 Å². The summed E-state index contributed by atoms with van der Waals surface area (Å²) in [6.45, 7) is 5.67. The number of benzene rings is 1. The van der Waals surface area contributed by atoms with Crippen LogP contribution in [0.4, 0.5) is 0 Å². The molecule has 0 fully saturated rings. The van der Waals surface area contributed by atoms with Crippen LogP contribution in [0.5, 0.6) is 17.2 Å². The van der Waals surface area contributed by atoms with E-state index in [9.17, 15) is 9.90 Å². The van der Waals surface area contributed by atoms with Crippen molar-refractivity contribution in [2.24, 2.45) is 0 Å². The number of carboxylic acids is 1. The van der Waals surface area contributed by atoms with E-state index in [2.05, 4.69) is 13.8 Å². The van der Waals surface area contributed by atoms with Crippen LogP contribution in [-0.2, 0) is 0 Å². The van der Waals surface area contributed by atoms with Crippen LogP contribution < -0.4 is 14.2 Å². The Labute approximate surface area is 253 Å². The number of ether oxygens (including phenoxy) is 3. The third kappa shape index (κ3) is 19.8. The van der Waals surface area contributed by atoms with Crippen LogP contribution in [0, 0.1) is 0 Å². The molecule has 5 heteroatoms. The van der Waals surface area contributed by atoms with Gasteiger partial charge in [0, 0.05) is 0 Å². The second-order valence-electron chi connectivity index (χ2n) is 11.8. The summed E-state index contributed by atoms with van der Waals surface area (Å²) in [5, 5.41) is 9.55. The lowest BCUT2D eigenvalue weighted by molar-refractivity contribution is 0.0695. The average molecular weight is 577 g/mol. The minimum atomic E-state index is -0.994. The first kappa shape index (κ1) is 37.1. The van der Waals surface area contributed by atoms with E-state index in [-0.39, 0.29) is 5.56 Å². The monoisotopic (exact) mass is 576 g/mol. The molecule has 0 unspecified atom stereocenters. The summed E-state index contributed by atoms with van der Waals surface area (Å²) in [5.74, 6) is 0.433. The summed E-state index contributed by atoms with van der Waals surface area (Å²) in [5.41, 5.74) is 0.157. The molecule has 0 saturated carbocycles. The normalized spacial score (nSPS) is 11.1. The smallest absolute Gasteiger partial charge is 0.335 e. The number of hydrogen-bond acceptors (Lipinski definition) is 4. The Hall–Kier alpha value is -1.91. The quantitative estimate of drug-likeness (QED) is 0.0923. The molecule has 1 aromatic carbocycles. The third-order valence-corrected chi connectivity index (χ3v) is 7.99. The van der Waals surface area contributed by atoms with Gasteiger partial charge in [-0.05, 0) is 25.0 Å². The minimum absolute atomic E-state index is 0.157. The van der Waals surface area contributed by atoms with Crippen molar-refractivity contribution < 1.29 is 24.1 Å². The topological polar surface area (TPSA) is 65.0 Å². The fourth-order valence-electron chi connectivity index (χ4n) is 5.34. The van der Waals surface area contributed by atoms with Crippen molar-refractivity contribution in [3.8, 4) is 17.2 Å². The van der Waals surface area contributed by atoms with Crippen molar-refractivity contribution in [1.82, 2.24) is 0 Å². The molecule has 41 heavy (non-hydrogen) atoms. The highest BCUT2D eigenvalue weighted by atomic mass is 16.5. The predicted octanol–water partition coefficient (Wildman–Crippen LogP) is 11.6. The van der Waals surface area contributed by atoms with Gasteiger partial charge in [-0.2, -0.15) is 0 Å². The zero-order chi connectivity index (χ0) is 29.8. The molecule has 0 saturated heterocycles. The number of aromatic carboxylic acids is 1. The van der Waals surface area contributed by atoms with Gasteiger partial charge >= 0.3 is 5.97 Å². The maximum absolute atomic E-state index is 11.7. The van der Waals surface area contributed by atoms with Crippen molar-refractivity contribution in [1.29, 1.82) is 0 Å². The van der Waals surface area contributed by atoms with Gasteiger partial charge in [0.1, 0.15) is 0 Å². The first-order chi connectivity index (χ1) is 20.1. The lowest BCUT2D eigenvalue weighted by Crippen LogP contribution is -2.07. The molecule has 0 amide bonds. The predicted molar refractivity (Wildman–Crippen MR) is 173 cm³/mol. The minimum Gasteiger partial charge on any atom is -0.493 e. The van der Waals surface area contributed by atoms with Gasteiger partial charge < -0.3 is 19.3 Å². The Morgan fingerprint density at radius 2 is 0.878 bits per heavy atom. The average Bonchev–Trinajstić information content (AvgIpc) is 2.97. The Morgan fingerprint density at radius 3 is 1.24 bits per heavy atom. The van der Waals surface area contributed by atoms with E-state index in [4.69, 9.17) is 14.2 Å². The van der Waals surface area contributed by atoms with Crippen LogP contribution in [0.3, 0.4) is 0 Å². The maximum Gasteiger partial charge on any atom is 0.335 e. The van der Waals surface area contributed by atoms with Crippen molar-refractivity contribution >= 4 is 5.97 Å². The Bertz CT molecular complexity index is 748. The van der Waals surface area contributed by atoms with Crippen LogP contribution in [0.2, 0.25) is 0 Å². The van der Waals surface area contributed by atoms with E-state index >= 15 is 0 Å². The number of hydrogen-bond donors (Lipinski definition) is 1. The maximum atomic E-state index is 11.7. The number of carbonyl (C=O) groups is 1. The fourth-order valence-corrected chi connectivity index (χ4v) is 5.34. The molecule has 0 atom stereocenters. The molecular weight excluding hydrogens is 512 g/mol. The molecule has 5 nitrogen and oxygen atoms in total. The number of rotatable bonds is 30. The Balaban J connectivity index is 2.30. The molecule has 0 radical (unpaired) electrons. The first-order valence-corrected chi connectivity index (χ1v) is 17.3. The molecule has 0 heterocycles. The Kier molecular flexibility index (Phi) is 24.4. The fraction of sp³-hybridized carbons (Fsp3) is 0.806. The van der Waals surface area contributed by atoms with Crippen molar-refractivity contribution in [3.05, 3.63) is 17.7 Å². The molecule has 0 aliphatic rings. The highest BCUT2D eigenvalue weighted by Crippen LogP contribution is 2.39. The van der Waals surface area contributed by atoms with Gasteiger partial charge in [0.05, 0.1) is 25.9 Å². The lowest BCUT2D eigenvalue weighted by Gasteiger charge is -2.17. The van der Waals surface area contributed by atoms with Crippen LogP contribution in [0.15, 0.2) is 12.1 Å². The number of methoxy groups -OCH3 is 1. The van der Waals surface area contributed by atoms with Gasteiger partial charge in [-0.1, -0.05) is 155 Å². The molecule has 0 bridgehead atoms. The van der Waals surface area contributed by atoms with Crippen LogP contribution in [0.1, 0.15) is 178 Å². The van der Waals surface area contributed by atoms with Gasteiger partial charge in [0.25, 0.3) is 0 Å². The highest BCUT2D eigenvalue weighted by Gasteiger charge is 2.18. The van der Waals surface area contributed by atoms with Crippen LogP contribution in [0.25, 0.3) is 0 Å². The zero-order valence-corrected chi connectivity index (χ0v) is 27.1. The SMILES string of the molecule is CCCCCCCCCCCCCCOc1cc(C(=O)O)cc(OC)c1OCCCCCCCCCCCCCC. The standard InChI is InChI=1S/C36H64O5/c1-4-6-8-10-12-14-16-18-20-22-24-26-28-40-34-31-32(36(37)38)30-33(39-3)35(34)41-29-27-25-23-21-19-17-15-13-11-9-7-5-2/h30-31H,4-29H2,1-3H3,(H,37,38). The van der Waals surface area contributed by atoms with E-state index in [1.807, 2.05) is 0 Å². The molecule has 1 aromatic rings. The summed E-state index contributed by atoms with van der Waals surface area (Å²) >= 11 is 0. The molecule has 1 rings (SSSR count). The summed E-state index contributed by atoms with van der Waals surface area (Å²) in [4.78, 5) is 11.7. The van der Waals surface area contributed by atoms with E-state index in [1.165, 1.54) is 134 Å². The zero-order valence-electron chi connectivity index (χ0n) is 27.1. The van der Waals surface area contributed by atoms with Crippen molar-refractivity contribution in [2.45, 2.75) is 168 Å². The molecule has 0 spiro atoms. The van der Waals surface area contributed by atoms with E-state index in [0.29, 0.717) is 30.5 Å². The molecular formula is C36H64O5. The number of unbranched alkanes of at least 4 members (excludes halogenated alkanes) is 22. The van der Waals surface area contributed by atoms with E-state index in [0.717, 1.165) is 25.7 Å². The van der Waals surface area contributed by atoms with Gasteiger partial charge in [0.2, 0.25) is 5.75 Å². The van der Waals surface area contributed by atoms with E-state index < -0.39 is 5.97 Å². The second-order valence-corrected chi connectivity index (χ2v) is 11.8. The lowest BCUT2D eigenvalue weighted by atomic mass is 10.1. The first-order valence-electron chi connectivity index (χ1n) is 17.3. The van der Waals surface area contributed by atoms with Crippen LogP contribution >= 0.6 is 0 Å². The molecule has 0 aliphatic heterocycles. The molecule has 238 valence electrons. The molecule has 0 aromatic heterocycles. The second kappa shape index (κ2) is 27.0. The molecule has 0 aliphatic carbocycles. The van der Waals surface area contributed by atoms with Gasteiger partial charge in [-0.3, -0.25) is 0 Å². The summed E-state index contributed by atoms with van der Waals surface area (Å²) in [6.07, 6.45) is 31.1. The van der Waals surface area contributed by atoms with Crippen molar-refractivity contribution in [3.63, 3.8) is 0 Å². The highest BCUT2D eigenvalue weighted by molar-refractivity contribution is 5.89. The molecule has 1 N–H and O–H groups in total. The summed E-state index contributed by atoms with van der Waals surface area (Å²) in [6, 6.07) is 3.10. The largest absolute Gasteiger partial charge is 0.493 e. The summed E-state index contributed by atoms with van der Waals surface area (Å²) < 4.78 is 17.7. The van der Waals surface area contributed by atoms with E-state index in [1.54, 1.807) is 13.2 Å². The number of carboxylic acid groups (broad SMARTS) is 1.